The van der Waals surface area contributed by atoms with Gasteiger partial charge in [-0.25, -0.2) is 18.6 Å². The minimum Gasteiger partial charge on any atom is -0.476 e. The molecule has 16 heavy (non-hydrogen) atoms. The van der Waals surface area contributed by atoms with Crippen molar-refractivity contribution >= 4 is 17.5 Å². The molecule has 0 spiro atoms. The predicted molar refractivity (Wildman–Crippen MR) is 47.2 cm³/mol. The molecule has 1 aromatic heterocycles. The first-order valence-electron chi connectivity index (χ1n) is 3.80. The molecular formula is C7H5F2N3O4. The van der Waals surface area contributed by atoms with E-state index in [2.05, 4.69) is 4.98 Å². The van der Waals surface area contributed by atoms with Gasteiger partial charge in [0.1, 0.15) is 11.4 Å². The fourth-order valence-electron chi connectivity index (χ4n) is 1.09. The number of hydrogen-bond acceptors (Lipinski definition) is 5. The Morgan fingerprint density at radius 1 is 1.62 bits per heavy atom. The molecule has 0 unspecified atom stereocenters. The van der Waals surface area contributed by atoms with Crippen molar-refractivity contribution in [3.8, 4) is 0 Å². The minimum atomic E-state index is -3.32. The molecule has 0 fully saturated rings. The van der Waals surface area contributed by atoms with Crippen molar-refractivity contribution in [2.75, 3.05) is 5.73 Å². The molecule has 3 N–H and O–H groups in total. The normalized spacial score (nSPS) is 10.4. The standard InChI is InChI=1S/C7H5F2N3O4/c8-6(9)4-2(12(15)16)1-3(10)11-5(4)7(13)14/h1,6H,(H2,10,11)(H,13,14). The van der Waals surface area contributed by atoms with Gasteiger partial charge in [-0.1, -0.05) is 0 Å². The Morgan fingerprint density at radius 3 is 2.56 bits per heavy atom. The van der Waals surface area contributed by atoms with E-state index in [1.54, 1.807) is 0 Å². The third-order valence-corrected chi connectivity index (χ3v) is 1.67. The van der Waals surface area contributed by atoms with Crippen molar-refractivity contribution in [2.24, 2.45) is 0 Å². The van der Waals surface area contributed by atoms with Gasteiger partial charge in [0, 0.05) is 0 Å². The summed E-state index contributed by atoms with van der Waals surface area (Å²) >= 11 is 0. The lowest BCUT2D eigenvalue weighted by molar-refractivity contribution is -0.386. The van der Waals surface area contributed by atoms with Crippen LogP contribution in [0.15, 0.2) is 6.07 Å². The number of pyridine rings is 1. The van der Waals surface area contributed by atoms with Gasteiger partial charge in [0.05, 0.1) is 11.0 Å². The number of hydrogen-bond donors (Lipinski definition) is 2. The van der Waals surface area contributed by atoms with Gasteiger partial charge in [0.2, 0.25) is 0 Å². The predicted octanol–water partition coefficient (Wildman–Crippen LogP) is 1.21. The highest BCUT2D eigenvalue weighted by atomic mass is 19.3. The van der Waals surface area contributed by atoms with E-state index in [4.69, 9.17) is 10.8 Å². The van der Waals surface area contributed by atoms with Gasteiger partial charge >= 0.3 is 5.97 Å². The number of nitrogen functional groups attached to an aromatic ring is 1. The summed E-state index contributed by atoms with van der Waals surface area (Å²) in [6, 6.07) is 0.591. The maximum atomic E-state index is 12.5. The molecular weight excluding hydrogens is 228 g/mol. The molecule has 86 valence electrons. The van der Waals surface area contributed by atoms with Gasteiger partial charge in [-0.3, -0.25) is 10.1 Å². The SMILES string of the molecule is Nc1cc([N+](=O)[O-])c(C(F)F)c(C(=O)O)n1. The van der Waals surface area contributed by atoms with Crippen LogP contribution >= 0.6 is 0 Å². The lowest BCUT2D eigenvalue weighted by Gasteiger charge is -2.05. The van der Waals surface area contributed by atoms with Crippen LogP contribution < -0.4 is 5.73 Å². The molecule has 0 atom stereocenters. The molecule has 1 aromatic rings. The van der Waals surface area contributed by atoms with Crippen molar-refractivity contribution in [3.63, 3.8) is 0 Å². The van der Waals surface area contributed by atoms with E-state index in [-0.39, 0.29) is 0 Å². The Labute approximate surface area is 86.7 Å². The summed E-state index contributed by atoms with van der Waals surface area (Å²) in [7, 11) is 0. The Balaban J connectivity index is 3.60. The Hall–Kier alpha value is -2.32. The third kappa shape index (κ3) is 2.02. The number of nitro groups is 1. The van der Waals surface area contributed by atoms with E-state index in [1.165, 1.54) is 0 Å². The highest BCUT2D eigenvalue weighted by molar-refractivity contribution is 5.89. The minimum absolute atomic E-state index is 0.506. The molecule has 0 amide bonds. The third-order valence-electron chi connectivity index (χ3n) is 1.67. The van der Waals surface area contributed by atoms with Crippen molar-refractivity contribution < 1.29 is 23.6 Å². The highest BCUT2D eigenvalue weighted by Crippen LogP contribution is 2.32. The number of aromatic nitrogens is 1. The van der Waals surface area contributed by atoms with E-state index >= 15 is 0 Å². The number of anilines is 1. The summed E-state index contributed by atoms with van der Waals surface area (Å²) in [4.78, 5) is 23.0. The number of halogens is 2. The number of nitrogens with zero attached hydrogens (tertiary/aromatic N) is 2. The number of carboxylic acids is 1. The monoisotopic (exact) mass is 233 g/mol. The molecule has 0 aliphatic rings. The number of aromatic carboxylic acids is 1. The zero-order valence-corrected chi connectivity index (χ0v) is 7.55. The van der Waals surface area contributed by atoms with E-state index in [0.717, 1.165) is 0 Å². The Bertz CT molecular complexity index is 428. The second-order valence-electron chi connectivity index (χ2n) is 2.69. The molecule has 1 rings (SSSR count). The molecule has 7 nitrogen and oxygen atoms in total. The zero-order chi connectivity index (χ0) is 12.5. The summed E-state index contributed by atoms with van der Waals surface area (Å²) in [6.45, 7) is 0. The summed E-state index contributed by atoms with van der Waals surface area (Å²) in [5.41, 5.74) is 1.67. The molecule has 0 aromatic carbocycles. The molecule has 0 saturated carbocycles. The fourth-order valence-corrected chi connectivity index (χ4v) is 1.09. The van der Waals surface area contributed by atoms with Crippen molar-refractivity contribution in [3.05, 3.63) is 27.4 Å². The van der Waals surface area contributed by atoms with Gasteiger partial charge in [-0.15, -0.1) is 0 Å². The van der Waals surface area contributed by atoms with Crippen LogP contribution in [0.2, 0.25) is 0 Å². The van der Waals surface area contributed by atoms with E-state index in [0.29, 0.717) is 6.07 Å². The molecule has 0 radical (unpaired) electrons. The molecule has 0 bridgehead atoms. The van der Waals surface area contributed by atoms with Gasteiger partial charge in [-0.2, -0.15) is 0 Å². The topological polar surface area (TPSA) is 119 Å². The number of nitrogens with two attached hydrogens (primary N) is 1. The summed E-state index contributed by atoms with van der Waals surface area (Å²) in [5, 5.41) is 19.0. The Kier molecular flexibility index (Phi) is 2.97. The van der Waals surface area contributed by atoms with Gasteiger partial charge < -0.3 is 10.8 Å². The Morgan fingerprint density at radius 2 is 2.19 bits per heavy atom. The quantitative estimate of drug-likeness (QED) is 0.598. The van der Waals surface area contributed by atoms with Crippen LogP contribution in [0.4, 0.5) is 20.3 Å². The maximum absolute atomic E-state index is 12.5. The first-order valence-corrected chi connectivity index (χ1v) is 3.80. The first-order chi connectivity index (χ1) is 7.34. The van der Waals surface area contributed by atoms with Crippen LogP contribution in [0.5, 0.6) is 0 Å². The number of carboxylic acid groups (broad SMARTS) is 1. The summed E-state index contributed by atoms with van der Waals surface area (Å²) in [5.74, 6) is -2.31. The number of rotatable bonds is 3. The second kappa shape index (κ2) is 4.04. The van der Waals surface area contributed by atoms with E-state index < -0.39 is 40.1 Å². The van der Waals surface area contributed by atoms with Crippen molar-refractivity contribution in [1.82, 2.24) is 4.98 Å². The van der Waals surface area contributed by atoms with Crippen LogP contribution in [0.25, 0.3) is 0 Å². The smallest absolute Gasteiger partial charge is 0.355 e. The van der Waals surface area contributed by atoms with Crippen LogP contribution in [0.1, 0.15) is 22.5 Å². The average molecular weight is 233 g/mol. The molecule has 0 aliphatic carbocycles. The second-order valence-corrected chi connectivity index (χ2v) is 2.69. The largest absolute Gasteiger partial charge is 0.476 e. The van der Waals surface area contributed by atoms with Crippen LogP contribution in [-0.4, -0.2) is 21.0 Å². The van der Waals surface area contributed by atoms with Gasteiger partial charge in [0.15, 0.2) is 5.69 Å². The molecule has 0 saturated heterocycles. The van der Waals surface area contributed by atoms with Crippen LogP contribution in [0.3, 0.4) is 0 Å². The van der Waals surface area contributed by atoms with Crippen molar-refractivity contribution in [2.45, 2.75) is 6.43 Å². The fraction of sp³-hybridized carbons (Fsp3) is 0.143. The summed E-state index contributed by atoms with van der Waals surface area (Å²) in [6.07, 6.45) is -3.32. The first kappa shape index (κ1) is 11.8. The van der Waals surface area contributed by atoms with Crippen molar-refractivity contribution in [1.29, 1.82) is 0 Å². The lowest BCUT2D eigenvalue weighted by atomic mass is 10.1. The molecule has 1 heterocycles. The summed E-state index contributed by atoms with van der Waals surface area (Å²) < 4.78 is 25.0. The highest BCUT2D eigenvalue weighted by Gasteiger charge is 2.30. The lowest BCUT2D eigenvalue weighted by Crippen LogP contribution is -2.11. The van der Waals surface area contributed by atoms with Gasteiger partial charge in [-0.05, 0) is 0 Å². The molecule has 9 heteroatoms. The molecule has 0 aliphatic heterocycles. The van der Waals surface area contributed by atoms with Gasteiger partial charge in [0.25, 0.3) is 12.1 Å². The number of carbonyl (C=O) groups is 1. The zero-order valence-electron chi connectivity index (χ0n) is 7.55. The van der Waals surface area contributed by atoms with Crippen LogP contribution in [-0.2, 0) is 0 Å². The average Bonchev–Trinajstić information content (AvgIpc) is 2.15. The van der Waals surface area contributed by atoms with E-state index in [9.17, 15) is 23.7 Å². The number of alkyl halides is 2. The van der Waals surface area contributed by atoms with E-state index in [1.807, 2.05) is 0 Å². The maximum Gasteiger partial charge on any atom is 0.355 e. The van der Waals surface area contributed by atoms with Crippen LogP contribution in [0, 0.1) is 10.1 Å².